The van der Waals surface area contributed by atoms with E-state index in [9.17, 15) is 19.4 Å². The lowest BCUT2D eigenvalue weighted by molar-refractivity contribution is -0.138. The summed E-state index contributed by atoms with van der Waals surface area (Å²) in [5.41, 5.74) is -0.222. The van der Waals surface area contributed by atoms with E-state index in [2.05, 4.69) is 0 Å². The summed E-state index contributed by atoms with van der Waals surface area (Å²) >= 11 is 0. The molecule has 0 amide bonds. The van der Waals surface area contributed by atoms with Gasteiger partial charge in [-0.15, -0.1) is 0 Å². The molecule has 4 atom stereocenters. The third-order valence-electron chi connectivity index (χ3n) is 4.24. The van der Waals surface area contributed by atoms with Crippen LogP contribution in [0.3, 0.4) is 0 Å². The second-order valence-corrected chi connectivity index (χ2v) is 8.32. The van der Waals surface area contributed by atoms with Gasteiger partial charge in [-0.1, -0.05) is 37.3 Å². The quantitative estimate of drug-likeness (QED) is 0.752. The van der Waals surface area contributed by atoms with Crippen LogP contribution in [0.1, 0.15) is 37.7 Å². The van der Waals surface area contributed by atoms with Crippen LogP contribution in [0, 0.1) is 0 Å². The molecule has 22 heavy (non-hydrogen) atoms. The van der Waals surface area contributed by atoms with Crippen LogP contribution in [0.4, 0.5) is 0 Å². The Bertz CT molecular complexity index is 539. The largest absolute Gasteiger partial charge is 0.481 e. The lowest BCUT2D eigenvalue weighted by Gasteiger charge is -2.29. The van der Waals surface area contributed by atoms with Gasteiger partial charge in [0.15, 0.2) is 0 Å². The number of carbonyl (C=O) groups is 1. The van der Waals surface area contributed by atoms with Gasteiger partial charge < -0.3 is 14.7 Å². The van der Waals surface area contributed by atoms with Gasteiger partial charge in [0.25, 0.3) is 0 Å². The third-order valence-corrected chi connectivity index (χ3v) is 6.87. The molecule has 6 heteroatoms. The van der Waals surface area contributed by atoms with E-state index in [1.54, 1.807) is 37.3 Å². The van der Waals surface area contributed by atoms with Crippen LogP contribution < -0.4 is 0 Å². The van der Waals surface area contributed by atoms with Crippen LogP contribution in [-0.4, -0.2) is 40.5 Å². The van der Waals surface area contributed by atoms with Crippen molar-refractivity contribution in [1.82, 2.24) is 0 Å². The second kappa shape index (κ2) is 7.40. The van der Waals surface area contributed by atoms with Crippen LogP contribution in [0.5, 0.6) is 0 Å². The van der Waals surface area contributed by atoms with Crippen molar-refractivity contribution >= 4 is 13.3 Å². The molecule has 0 spiro atoms. The second-order valence-electron chi connectivity index (χ2n) is 5.78. The maximum absolute atomic E-state index is 12.8. The standard InChI is InChI=1S/C16H23O5P/c1-2-14(22(19,20)11-13-9-6-10-21-13)15(16(17)18)12-7-4-3-5-8-12/h3-5,7-8,13-15H,2,6,9-11H2,1H3,(H,17,18)(H,19,20). The number of carboxylic acid groups (broad SMARTS) is 1. The van der Waals surface area contributed by atoms with Crippen molar-refractivity contribution in [2.45, 2.75) is 43.9 Å². The molecule has 1 aromatic rings. The molecule has 2 rings (SSSR count). The van der Waals surface area contributed by atoms with Crippen molar-refractivity contribution < 1.29 is 24.1 Å². The predicted octanol–water partition coefficient (Wildman–Crippen LogP) is 3.08. The fraction of sp³-hybridized carbons (Fsp3) is 0.562. The molecule has 1 aromatic carbocycles. The molecule has 1 heterocycles. The topological polar surface area (TPSA) is 83.8 Å². The average Bonchev–Trinajstić information content (AvgIpc) is 2.96. The highest BCUT2D eigenvalue weighted by Gasteiger charge is 2.42. The Hall–Kier alpha value is -1.16. The minimum Gasteiger partial charge on any atom is -0.481 e. The number of benzene rings is 1. The number of hydrogen-bond acceptors (Lipinski definition) is 3. The summed E-state index contributed by atoms with van der Waals surface area (Å²) in [5, 5.41) is 9.59. The minimum absolute atomic E-state index is 0.0438. The molecule has 0 saturated carbocycles. The Morgan fingerprint density at radius 3 is 2.59 bits per heavy atom. The molecule has 122 valence electrons. The molecule has 1 aliphatic rings. The average molecular weight is 326 g/mol. The first-order valence-electron chi connectivity index (χ1n) is 7.66. The van der Waals surface area contributed by atoms with Gasteiger partial charge in [-0.3, -0.25) is 9.36 Å². The number of aliphatic carboxylic acids is 1. The van der Waals surface area contributed by atoms with Crippen LogP contribution in [0.25, 0.3) is 0 Å². The minimum atomic E-state index is -3.63. The van der Waals surface area contributed by atoms with Crippen molar-refractivity contribution in [2.75, 3.05) is 12.8 Å². The maximum atomic E-state index is 12.8. The van der Waals surface area contributed by atoms with Gasteiger partial charge >= 0.3 is 5.97 Å². The number of rotatable bonds is 7. The van der Waals surface area contributed by atoms with E-state index in [1.807, 2.05) is 0 Å². The van der Waals surface area contributed by atoms with E-state index >= 15 is 0 Å². The normalized spacial score (nSPS) is 23.6. The number of ether oxygens (including phenoxy) is 1. The van der Waals surface area contributed by atoms with Crippen molar-refractivity contribution in [3.8, 4) is 0 Å². The number of carboxylic acids is 1. The fourth-order valence-corrected chi connectivity index (χ4v) is 5.64. The highest BCUT2D eigenvalue weighted by molar-refractivity contribution is 7.58. The van der Waals surface area contributed by atoms with Gasteiger partial charge in [-0.05, 0) is 24.8 Å². The monoisotopic (exact) mass is 326 g/mol. The molecule has 4 unspecified atom stereocenters. The van der Waals surface area contributed by atoms with E-state index in [1.165, 1.54) is 0 Å². The van der Waals surface area contributed by atoms with Crippen LogP contribution >= 0.6 is 7.37 Å². The summed E-state index contributed by atoms with van der Waals surface area (Å²) in [6.07, 6.45) is 1.82. The van der Waals surface area contributed by atoms with Gasteiger partial charge in [-0.25, -0.2) is 0 Å². The molecule has 5 nitrogen and oxygen atoms in total. The molecule has 2 N–H and O–H groups in total. The van der Waals surface area contributed by atoms with Gasteiger partial charge in [0.05, 0.1) is 23.8 Å². The molecule has 0 aliphatic carbocycles. The first-order valence-corrected chi connectivity index (χ1v) is 9.58. The fourth-order valence-electron chi connectivity index (χ4n) is 3.16. The Balaban J connectivity index is 2.26. The lowest BCUT2D eigenvalue weighted by Crippen LogP contribution is -2.29. The van der Waals surface area contributed by atoms with Crippen molar-refractivity contribution in [3.05, 3.63) is 35.9 Å². The predicted molar refractivity (Wildman–Crippen MR) is 84.6 cm³/mol. The van der Waals surface area contributed by atoms with E-state index in [0.717, 1.165) is 12.8 Å². The Labute approximate surface area is 130 Å². The SMILES string of the molecule is CCC(C(C(=O)O)c1ccccc1)P(=O)(O)CC1CCCO1. The zero-order valence-corrected chi connectivity index (χ0v) is 13.6. The van der Waals surface area contributed by atoms with Gasteiger partial charge in [0.2, 0.25) is 7.37 Å². The summed E-state index contributed by atoms with van der Waals surface area (Å²) in [6.45, 7) is 2.38. The number of hydrogen-bond donors (Lipinski definition) is 2. The summed E-state index contributed by atoms with van der Waals surface area (Å²) in [5.74, 6) is -2.02. The Morgan fingerprint density at radius 2 is 2.09 bits per heavy atom. The van der Waals surface area contributed by atoms with Crippen molar-refractivity contribution in [2.24, 2.45) is 0 Å². The first kappa shape index (κ1) is 17.2. The summed E-state index contributed by atoms with van der Waals surface area (Å²) < 4.78 is 18.3. The summed E-state index contributed by atoms with van der Waals surface area (Å²) in [4.78, 5) is 22.2. The maximum Gasteiger partial charge on any atom is 0.311 e. The molecule has 0 bridgehead atoms. The van der Waals surface area contributed by atoms with Gasteiger partial charge in [0, 0.05) is 6.61 Å². The molecule has 0 radical (unpaired) electrons. The molecule has 0 aromatic heterocycles. The molecule has 1 saturated heterocycles. The van der Waals surface area contributed by atoms with Crippen molar-refractivity contribution in [1.29, 1.82) is 0 Å². The zero-order valence-electron chi connectivity index (χ0n) is 12.7. The van der Waals surface area contributed by atoms with E-state index < -0.39 is 24.9 Å². The van der Waals surface area contributed by atoms with Crippen LogP contribution in [0.15, 0.2) is 30.3 Å². The third kappa shape index (κ3) is 3.97. The Kier molecular flexibility index (Phi) is 5.79. The zero-order chi connectivity index (χ0) is 16.2. The van der Waals surface area contributed by atoms with Gasteiger partial charge in [0.1, 0.15) is 0 Å². The summed E-state index contributed by atoms with van der Waals surface area (Å²) in [7, 11) is -3.63. The summed E-state index contributed by atoms with van der Waals surface area (Å²) in [6, 6.07) is 8.70. The molecule has 1 aliphatic heterocycles. The Morgan fingerprint density at radius 1 is 1.41 bits per heavy atom. The first-order chi connectivity index (χ1) is 10.5. The lowest BCUT2D eigenvalue weighted by atomic mass is 9.94. The van der Waals surface area contributed by atoms with Crippen LogP contribution in [0.2, 0.25) is 0 Å². The highest BCUT2D eigenvalue weighted by Crippen LogP contribution is 2.54. The van der Waals surface area contributed by atoms with Gasteiger partial charge in [-0.2, -0.15) is 0 Å². The highest BCUT2D eigenvalue weighted by atomic mass is 31.2. The molecular weight excluding hydrogens is 303 g/mol. The van der Waals surface area contributed by atoms with E-state index in [4.69, 9.17) is 4.74 Å². The molecule has 1 fully saturated rings. The van der Waals surface area contributed by atoms with E-state index in [0.29, 0.717) is 18.6 Å². The van der Waals surface area contributed by atoms with E-state index in [-0.39, 0.29) is 12.3 Å². The van der Waals surface area contributed by atoms with Crippen LogP contribution in [-0.2, 0) is 14.1 Å². The smallest absolute Gasteiger partial charge is 0.311 e. The van der Waals surface area contributed by atoms with Crippen molar-refractivity contribution in [3.63, 3.8) is 0 Å². The molecular formula is C16H23O5P.